The Labute approximate surface area is 213 Å². The number of ether oxygens (including phenoxy) is 2. The van der Waals surface area contributed by atoms with Crippen molar-refractivity contribution in [2.75, 3.05) is 18.4 Å². The summed E-state index contributed by atoms with van der Waals surface area (Å²) >= 11 is 0. The first kappa shape index (κ1) is 25.8. The number of alkyl halides is 2. The number of anilines is 2. The lowest BCUT2D eigenvalue weighted by Crippen LogP contribution is -2.56. The number of hydrogen-bond acceptors (Lipinski definition) is 8. The number of nitriles is 1. The molecule has 0 aliphatic carbocycles. The van der Waals surface area contributed by atoms with Gasteiger partial charge in [-0.25, -0.2) is 23.5 Å². The van der Waals surface area contributed by atoms with E-state index in [1.165, 1.54) is 12.1 Å². The van der Waals surface area contributed by atoms with E-state index in [-0.39, 0.29) is 24.3 Å². The molecule has 9 nitrogen and oxygen atoms in total. The quantitative estimate of drug-likeness (QED) is 0.502. The van der Waals surface area contributed by atoms with Crippen LogP contribution in [0.1, 0.15) is 32.8 Å². The molecule has 2 aromatic heterocycles. The predicted octanol–water partition coefficient (Wildman–Crippen LogP) is 5.18. The third kappa shape index (κ3) is 6.46. The molecule has 3 aromatic rings. The lowest BCUT2D eigenvalue weighted by atomic mass is 10.0. The molecule has 0 bridgehead atoms. The second-order valence-corrected chi connectivity index (χ2v) is 9.51. The van der Waals surface area contributed by atoms with Crippen molar-refractivity contribution in [2.45, 2.75) is 44.8 Å². The largest absolute Gasteiger partial charge is 0.483 e. The van der Waals surface area contributed by atoms with Gasteiger partial charge in [0.05, 0.1) is 29.7 Å². The Morgan fingerprint density at radius 1 is 1.24 bits per heavy atom. The molecule has 1 N–H and O–H groups in total. The summed E-state index contributed by atoms with van der Waals surface area (Å²) in [5.41, 5.74) is 1.12. The molecule has 0 spiro atoms. The number of carbonyl (C=O) groups excluding carboxylic acids is 1. The Bertz CT molecular complexity index is 1310. The van der Waals surface area contributed by atoms with Gasteiger partial charge in [-0.3, -0.25) is 4.98 Å². The van der Waals surface area contributed by atoms with E-state index in [1.54, 1.807) is 57.6 Å². The van der Waals surface area contributed by atoms with Crippen LogP contribution in [0.4, 0.5) is 25.2 Å². The average Bonchev–Trinajstić information content (AvgIpc) is 2.85. The lowest BCUT2D eigenvalue weighted by Gasteiger charge is -2.38. The maximum atomic E-state index is 14.9. The fraction of sp³-hybridized carbons (Fsp3) is 0.346. The van der Waals surface area contributed by atoms with Crippen LogP contribution in [-0.2, 0) is 4.74 Å². The van der Waals surface area contributed by atoms with Crippen LogP contribution in [0.5, 0.6) is 5.75 Å². The number of carbonyl (C=O) groups is 1. The summed E-state index contributed by atoms with van der Waals surface area (Å²) < 4.78 is 40.7. The van der Waals surface area contributed by atoms with E-state index in [9.17, 15) is 18.8 Å². The molecule has 1 aliphatic heterocycles. The number of piperidine rings is 1. The van der Waals surface area contributed by atoms with Gasteiger partial charge in [0.1, 0.15) is 17.4 Å². The lowest BCUT2D eigenvalue weighted by molar-refractivity contribution is -0.137. The molecule has 1 aliphatic rings. The van der Waals surface area contributed by atoms with Gasteiger partial charge in [0.2, 0.25) is 5.95 Å². The van der Waals surface area contributed by atoms with Gasteiger partial charge in [-0.1, -0.05) is 0 Å². The highest BCUT2D eigenvalue weighted by molar-refractivity contribution is 5.68. The van der Waals surface area contributed by atoms with Crippen molar-refractivity contribution in [1.82, 2.24) is 19.9 Å². The fourth-order valence-electron chi connectivity index (χ4n) is 3.73. The van der Waals surface area contributed by atoms with Crippen LogP contribution in [0.25, 0.3) is 11.3 Å². The highest BCUT2D eigenvalue weighted by Gasteiger charge is 2.48. The zero-order valence-corrected chi connectivity index (χ0v) is 20.6. The average molecular weight is 509 g/mol. The van der Waals surface area contributed by atoms with Gasteiger partial charge >= 0.3 is 12.0 Å². The molecule has 1 unspecified atom stereocenters. The van der Waals surface area contributed by atoms with Crippen LogP contribution in [0.15, 0.2) is 55.0 Å². The van der Waals surface area contributed by atoms with Gasteiger partial charge in [0, 0.05) is 30.9 Å². The number of amides is 1. The summed E-state index contributed by atoms with van der Waals surface area (Å²) in [5.74, 6) is -2.97. The van der Waals surface area contributed by atoms with Crippen LogP contribution >= 0.6 is 0 Å². The number of pyridine rings is 1. The smallest absolute Gasteiger partial charge is 0.410 e. The maximum absolute atomic E-state index is 14.9. The van der Waals surface area contributed by atoms with Crippen molar-refractivity contribution in [3.8, 4) is 23.1 Å². The number of nitrogens with one attached hydrogen (secondary N) is 1. The van der Waals surface area contributed by atoms with Crippen LogP contribution < -0.4 is 10.1 Å². The van der Waals surface area contributed by atoms with Gasteiger partial charge in [-0.05, 0) is 57.2 Å². The van der Waals surface area contributed by atoms with Crippen LogP contribution in [-0.4, -0.2) is 56.7 Å². The highest BCUT2D eigenvalue weighted by atomic mass is 19.3. The predicted molar refractivity (Wildman–Crippen MR) is 131 cm³/mol. The molecule has 37 heavy (non-hydrogen) atoms. The SMILES string of the molecule is CC(C)(C)OC(=O)N1CCC(Oc2ccc(-c3ccnc(Nc4cccnc4)n3)cc2C#N)C(F)(F)C1. The number of hydrogen-bond donors (Lipinski definition) is 1. The van der Waals surface area contributed by atoms with E-state index in [1.807, 2.05) is 12.1 Å². The standard InChI is InChI=1S/C26H26F2N6O3/c1-25(2,3)37-24(35)34-12-9-22(26(27,28)16-34)36-21-7-6-17(13-18(21)14-29)20-8-11-31-23(33-20)32-19-5-4-10-30-15-19/h4-8,10-11,13,15,22H,9,12,16H2,1-3H3,(H,31,32,33). The van der Waals surface area contributed by atoms with Crippen molar-refractivity contribution in [1.29, 1.82) is 5.26 Å². The number of aromatic nitrogens is 3. The van der Waals surface area contributed by atoms with Gasteiger partial charge in [-0.2, -0.15) is 5.26 Å². The van der Waals surface area contributed by atoms with E-state index < -0.39 is 30.3 Å². The summed E-state index contributed by atoms with van der Waals surface area (Å²) in [6.07, 6.45) is 2.43. The third-order valence-electron chi connectivity index (χ3n) is 5.42. The van der Waals surface area contributed by atoms with Crippen molar-refractivity contribution < 1.29 is 23.0 Å². The Morgan fingerprint density at radius 3 is 2.73 bits per heavy atom. The highest BCUT2D eigenvalue weighted by Crippen LogP contribution is 2.34. The van der Waals surface area contributed by atoms with E-state index in [0.717, 1.165) is 4.90 Å². The Kier molecular flexibility index (Phi) is 7.20. The molecule has 1 saturated heterocycles. The van der Waals surface area contributed by atoms with E-state index in [0.29, 0.717) is 22.9 Å². The van der Waals surface area contributed by atoms with Crippen molar-refractivity contribution >= 4 is 17.7 Å². The molecular weight excluding hydrogens is 482 g/mol. The first-order valence-electron chi connectivity index (χ1n) is 11.6. The number of likely N-dealkylation sites (tertiary alicyclic amines) is 1. The van der Waals surface area contributed by atoms with Gasteiger partial charge in [0.15, 0.2) is 6.10 Å². The van der Waals surface area contributed by atoms with Gasteiger partial charge in [0.25, 0.3) is 0 Å². The molecular formula is C26H26F2N6O3. The minimum atomic E-state index is -3.33. The van der Waals surface area contributed by atoms with Crippen LogP contribution in [0, 0.1) is 11.3 Å². The number of nitrogens with zero attached hydrogens (tertiary/aromatic N) is 5. The molecule has 0 saturated carbocycles. The monoisotopic (exact) mass is 508 g/mol. The van der Waals surface area contributed by atoms with Crippen molar-refractivity contribution in [3.63, 3.8) is 0 Å². The van der Waals surface area contributed by atoms with E-state index in [4.69, 9.17) is 9.47 Å². The van der Waals surface area contributed by atoms with Gasteiger partial charge in [-0.15, -0.1) is 0 Å². The maximum Gasteiger partial charge on any atom is 0.410 e. The summed E-state index contributed by atoms with van der Waals surface area (Å²) in [6, 6.07) is 11.9. The minimum absolute atomic E-state index is 0.0319. The summed E-state index contributed by atoms with van der Waals surface area (Å²) in [7, 11) is 0. The van der Waals surface area contributed by atoms with Gasteiger partial charge < -0.3 is 19.7 Å². The molecule has 1 atom stereocenters. The minimum Gasteiger partial charge on any atom is -0.483 e. The first-order chi connectivity index (χ1) is 17.5. The normalized spacial score (nSPS) is 17.0. The Hall–Kier alpha value is -4.33. The van der Waals surface area contributed by atoms with Crippen molar-refractivity contribution in [3.05, 3.63) is 60.6 Å². The summed E-state index contributed by atoms with van der Waals surface area (Å²) in [4.78, 5) is 25.9. The second kappa shape index (κ2) is 10.3. The Morgan fingerprint density at radius 2 is 2.05 bits per heavy atom. The number of benzene rings is 1. The second-order valence-electron chi connectivity index (χ2n) is 9.51. The molecule has 1 fully saturated rings. The molecule has 192 valence electrons. The topological polar surface area (TPSA) is 113 Å². The first-order valence-corrected chi connectivity index (χ1v) is 11.6. The molecule has 1 aromatic carbocycles. The summed E-state index contributed by atoms with van der Waals surface area (Å²) in [5, 5.41) is 12.7. The molecule has 11 heteroatoms. The molecule has 3 heterocycles. The molecule has 1 amide bonds. The number of halogens is 2. The Balaban J connectivity index is 1.48. The van der Waals surface area contributed by atoms with E-state index >= 15 is 0 Å². The van der Waals surface area contributed by atoms with Crippen LogP contribution in [0.2, 0.25) is 0 Å². The number of rotatable bonds is 5. The van der Waals surface area contributed by atoms with E-state index in [2.05, 4.69) is 20.3 Å². The van der Waals surface area contributed by atoms with Crippen molar-refractivity contribution in [2.24, 2.45) is 0 Å². The fourth-order valence-corrected chi connectivity index (χ4v) is 3.73. The molecule has 0 radical (unpaired) electrons. The zero-order valence-electron chi connectivity index (χ0n) is 20.6. The third-order valence-corrected chi connectivity index (χ3v) is 5.42. The summed E-state index contributed by atoms with van der Waals surface area (Å²) in [6.45, 7) is 4.23. The zero-order chi connectivity index (χ0) is 26.6. The van der Waals surface area contributed by atoms with Crippen LogP contribution in [0.3, 0.4) is 0 Å². The molecule has 4 rings (SSSR count).